The predicted molar refractivity (Wildman–Crippen MR) is 76.3 cm³/mol. The number of aryl methyl sites for hydroxylation is 1. The molecule has 2 atom stereocenters. The summed E-state index contributed by atoms with van der Waals surface area (Å²) in [6.07, 6.45) is -2.47. The van der Waals surface area contributed by atoms with E-state index in [2.05, 4.69) is 0 Å². The number of nitrogens with zero attached hydrogens (tertiary/aromatic N) is 1. The Morgan fingerprint density at radius 1 is 1.52 bits per heavy atom. The number of hydrogen-bond donors (Lipinski definition) is 1. The highest BCUT2D eigenvalue weighted by atomic mass is 32.1. The van der Waals surface area contributed by atoms with Gasteiger partial charge in [-0.25, -0.2) is 0 Å². The lowest BCUT2D eigenvalue weighted by Crippen LogP contribution is -2.47. The van der Waals surface area contributed by atoms with Crippen LogP contribution in [0.5, 0.6) is 0 Å². The van der Waals surface area contributed by atoms with Gasteiger partial charge in [-0.05, 0) is 45.4 Å². The second-order valence-electron chi connectivity index (χ2n) is 5.35. The fourth-order valence-electron chi connectivity index (χ4n) is 2.68. The number of nitrogens with one attached hydrogen (secondary N) is 1. The Kier molecular flexibility index (Phi) is 4.93. The SMILES string of the molecule is Cc1ccc([C@H]2CCCN2[C@H](C)C(=O)NCC(F)(F)F)s1. The van der Waals surface area contributed by atoms with Gasteiger partial charge in [0.05, 0.1) is 6.04 Å². The molecule has 118 valence electrons. The van der Waals surface area contributed by atoms with Crippen LogP contribution < -0.4 is 5.32 Å². The van der Waals surface area contributed by atoms with Crippen molar-refractivity contribution in [2.24, 2.45) is 0 Å². The van der Waals surface area contributed by atoms with Crippen molar-refractivity contribution < 1.29 is 18.0 Å². The zero-order valence-corrected chi connectivity index (χ0v) is 12.9. The third-order valence-electron chi connectivity index (χ3n) is 3.72. The average Bonchev–Trinajstić information content (AvgIpc) is 3.02. The summed E-state index contributed by atoms with van der Waals surface area (Å²) in [4.78, 5) is 16.3. The first-order valence-corrected chi connectivity index (χ1v) is 7.76. The molecule has 1 aliphatic rings. The first-order chi connectivity index (χ1) is 9.78. The Bertz CT molecular complexity index is 501. The van der Waals surface area contributed by atoms with E-state index in [0.717, 1.165) is 19.4 Å². The molecule has 21 heavy (non-hydrogen) atoms. The van der Waals surface area contributed by atoms with Crippen LogP contribution in [0.4, 0.5) is 13.2 Å². The average molecular weight is 320 g/mol. The molecule has 0 bridgehead atoms. The zero-order chi connectivity index (χ0) is 15.6. The van der Waals surface area contributed by atoms with Crippen molar-refractivity contribution in [1.82, 2.24) is 10.2 Å². The molecule has 0 radical (unpaired) electrons. The number of rotatable bonds is 4. The van der Waals surface area contributed by atoms with Gasteiger partial charge >= 0.3 is 6.18 Å². The Morgan fingerprint density at radius 3 is 2.81 bits per heavy atom. The van der Waals surface area contributed by atoms with E-state index in [0.29, 0.717) is 0 Å². The lowest BCUT2D eigenvalue weighted by atomic mass is 10.1. The number of thiophene rings is 1. The Morgan fingerprint density at radius 2 is 2.24 bits per heavy atom. The minimum Gasteiger partial charge on any atom is -0.346 e. The van der Waals surface area contributed by atoms with Crippen molar-refractivity contribution in [3.8, 4) is 0 Å². The third kappa shape index (κ3) is 4.20. The molecule has 0 aliphatic carbocycles. The summed E-state index contributed by atoms with van der Waals surface area (Å²) in [5.74, 6) is -0.562. The molecule has 0 unspecified atom stereocenters. The second kappa shape index (κ2) is 6.36. The first-order valence-electron chi connectivity index (χ1n) is 6.94. The lowest BCUT2D eigenvalue weighted by Gasteiger charge is -2.29. The largest absolute Gasteiger partial charge is 0.405 e. The number of halogens is 3. The summed E-state index contributed by atoms with van der Waals surface area (Å²) >= 11 is 1.68. The van der Waals surface area contributed by atoms with Gasteiger partial charge < -0.3 is 5.32 Å². The minimum atomic E-state index is -4.37. The first kappa shape index (κ1) is 16.3. The predicted octanol–water partition coefficient (Wildman–Crippen LogP) is 3.26. The molecule has 1 amide bonds. The monoisotopic (exact) mass is 320 g/mol. The van der Waals surface area contributed by atoms with Gasteiger partial charge in [0.1, 0.15) is 6.54 Å². The molecule has 1 saturated heterocycles. The van der Waals surface area contributed by atoms with Crippen molar-refractivity contribution in [2.75, 3.05) is 13.1 Å². The number of likely N-dealkylation sites (tertiary alicyclic amines) is 1. The summed E-state index contributed by atoms with van der Waals surface area (Å²) in [6.45, 7) is 3.16. The van der Waals surface area contributed by atoms with Crippen LogP contribution >= 0.6 is 11.3 Å². The maximum atomic E-state index is 12.2. The van der Waals surface area contributed by atoms with Gasteiger partial charge in [-0.2, -0.15) is 13.2 Å². The number of amides is 1. The quantitative estimate of drug-likeness (QED) is 0.923. The number of alkyl halides is 3. The molecule has 2 heterocycles. The molecule has 0 aromatic carbocycles. The van der Waals surface area contributed by atoms with Crippen LogP contribution in [0.1, 0.15) is 35.6 Å². The van der Waals surface area contributed by atoms with Crippen LogP contribution in [0.2, 0.25) is 0 Å². The van der Waals surface area contributed by atoms with Crippen LogP contribution in [0, 0.1) is 6.92 Å². The van der Waals surface area contributed by atoms with Crippen LogP contribution in [0.15, 0.2) is 12.1 Å². The molecule has 3 nitrogen and oxygen atoms in total. The molecule has 2 rings (SSSR count). The topological polar surface area (TPSA) is 32.3 Å². The molecular weight excluding hydrogens is 301 g/mol. The molecule has 1 aliphatic heterocycles. The van der Waals surface area contributed by atoms with Gasteiger partial charge in [-0.1, -0.05) is 0 Å². The van der Waals surface area contributed by atoms with Crippen LogP contribution in [-0.4, -0.2) is 36.1 Å². The van der Waals surface area contributed by atoms with E-state index in [-0.39, 0.29) is 6.04 Å². The van der Waals surface area contributed by atoms with Gasteiger partial charge in [-0.3, -0.25) is 9.69 Å². The zero-order valence-electron chi connectivity index (χ0n) is 12.0. The highest BCUT2D eigenvalue weighted by Gasteiger charge is 2.35. The highest BCUT2D eigenvalue weighted by Crippen LogP contribution is 2.37. The third-order valence-corrected chi connectivity index (χ3v) is 4.83. The molecule has 0 saturated carbocycles. The summed E-state index contributed by atoms with van der Waals surface area (Å²) in [5.41, 5.74) is 0. The molecule has 1 aromatic rings. The van der Waals surface area contributed by atoms with Crippen LogP contribution in [-0.2, 0) is 4.79 Å². The molecule has 1 fully saturated rings. The maximum Gasteiger partial charge on any atom is 0.405 e. The maximum absolute atomic E-state index is 12.2. The van der Waals surface area contributed by atoms with Gasteiger partial charge in [-0.15, -0.1) is 11.3 Å². The number of hydrogen-bond acceptors (Lipinski definition) is 3. The minimum absolute atomic E-state index is 0.135. The van der Waals surface area contributed by atoms with Crippen molar-refractivity contribution in [3.63, 3.8) is 0 Å². The lowest BCUT2D eigenvalue weighted by molar-refractivity contribution is -0.141. The van der Waals surface area contributed by atoms with Gasteiger partial charge in [0.25, 0.3) is 0 Å². The molecular formula is C14H19F3N2OS. The summed E-state index contributed by atoms with van der Waals surface area (Å²) in [5, 5.41) is 1.97. The van der Waals surface area contributed by atoms with Gasteiger partial charge in [0, 0.05) is 15.8 Å². The van der Waals surface area contributed by atoms with Crippen molar-refractivity contribution in [3.05, 3.63) is 21.9 Å². The van der Waals surface area contributed by atoms with Gasteiger partial charge in [0.2, 0.25) is 5.91 Å². The van der Waals surface area contributed by atoms with E-state index >= 15 is 0 Å². The summed E-state index contributed by atoms with van der Waals surface area (Å²) in [6, 6.07) is 3.66. The Hall–Kier alpha value is -1.08. The van der Waals surface area contributed by atoms with Crippen molar-refractivity contribution in [1.29, 1.82) is 0 Å². The summed E-state index contributed by atoms with van der Waals surface area (Å²) in [7, 11) is 0. The van der Waals surface area contributed by atoms with E-state index in [1.165, 1.54) is 9.75 Å². The molecule has 1 aromatic heterocycles. The van der Waals surface area contributed by atoms with E-state index in [4.69, 9.17) is 0 Å². The Balaban J connectivity index is 2.00. The Labute approximate surface area is 126 Å². The van der Waals surface area contributed by atoms with E-state index in [1.807, 2.05) is 29.3 Å². The fraction of sp³-hybridized carbons (Fsp3) is 0.643. The van der Waals surface area contributed by atoms with Crippen LogP contribution in [0.3, 0.4) is 0 Å². The van der Waals surface area contributed by atoms with Crippen molar-refractivity contribution >= 4 is 17.2 Å². The number of carbonyl (C=O) groups is 1. The van der Waals surface area contributed by atoms with Crippen LogP contribution in [0.25, 0.3) is 0 Å². The van der Waals surface area contributed by atoms with Gasteiger partial charge in [0.15, 0.2) is 0 Å². The standard InChI is InChI=1S/C14H19F3N2OS/c1-9-5-6-12(21-9)11-4-3-7-19(11)10(2)13(20)18-8-14(15,16)17/h5-6,10-11H,3-4,7-8H2,1-2H3,(H,18,20)/t10-,11-/m1/s1. The molecule has 0 spiro atoms. The highest BCUT2D eigenvalue weighted by molar-refractivity contribution is 7.12. The van der Waals surface area contributed by atoms with E-state index in [1.54, 1.807) is 18.3 Å². The second-order valence-corrected chi connectivity index (χ2v) is 6.67. The molecule has 7 heteroatoms. The smallest absolute Gasteiger partial charge is 0.346 e. The van der Waals surface area contributed by atoms with E-state index < -0.39 is 24.7 Å². The number of carbonyl (C=O) groups excluding carboxylic acids is 1. The fourth-order valence-corrected chi connectivity index (χ4v) is 3.71. The molecule has 1 N–H and O–H groups in total. The van der Waals surface area contributed by atoms with E-state index in [9.17, 15) is 18.0 Å². The summed E-state index contributed by atoms with van der Waals surface area (Å²) < 4.78 is 36.5. The van der Waals surface area contributed by atoms with Crippen molar-refractivity contribution in [2.45, 2.75) is 44.9 Å². The normalized spacial score (nSPS) is 21.5.